The Morgan fingerprint density at radius 2 is 1.95 bits per heavy atom. The first-order chi connectivity index (χ1) is 9.62. The van der Waals surface area contributed by atoms with Crippen LogP contribution in [0.5, 0.6) is 11.5 Å². The fourth-order valence-corrected chi connectivity index (χ4v) is 2.39. The molecule has 2 aromatic rings. The van der Waals surface area contributed by atoms with Gasteiger partial charge in [0.05, 0.1) is 20.3 Å². The van der Waals surface area contributed by atoms with Crippen LogP contribution in [-0.2, 0) is 6.42 Å². The van der Waals surface area contributed by atoms with Gasteiger partial charge < -0.3 is 19.6 Å². The molecule has 0 spiro atoms. The van der Waals surface area contributed by atoms with Crippen molar-refractivity contribution in [3.8, 4) is 11.5 Å². The number of benzene rings is 1. The van der Waals surface area contributed by atoms with Crippen LogP contribution in [-0.4, -0.2) is 14.2 Å². The van der Waals surface area contributed by atoms with Crippen LogP contribution in [0.4, 0.5) is 0 Å². The Labute approximate surface area is 123 Å². The summed E-state index contributed by atoms with van der Waals surface area (Å²) in [4.78, 5) is 0. The van der Waals surface area contributed by atoms with E-state index in [-0.39, 0.29) is 0 Å². The van der Waals surface area contributed by atoms with Crippen LogP contribution in [0, 0.1) is 0 Å². The summed E-state index contributed by atoms with van der Waals surface area (Å²) in [6.45, 7) is 2.03. The lowest BCUT2D eigenvalue weighted by Crippen LogP contribution is -2.12. The average Bonchev–Trinajstić information content (AvgIpc) is 2.95. The molecule has 0 bridgehead atoms. The van der Waals surface area contributed by atoms with Crippen molar-refractivity contribution >= 4 is 11.6 Å². The van der Waals surface area contributed by atoms with Crippen molar-refractivity contribution in [3.05, 3.63) is 46.4 Å². The fourth-order valence-electron chi connectivity index (χ4n) is 2.07. The van der Waals surface area contributed by atoms with Crippen LogP contribution >= 0.6 is 11.6 Å². The molecule has 1 heterocycles. The monoisotopic (exact) mass is 295 g/mol. The van der Waals surface area contributed by atoms with Crippen molar-refractivity contribution in [2.45, 2.75) is 19.4 Å². The minimum absolute atomic E-state index is 0.408. The smallest absolute Gasteiger partial charge is 0.146 e. The molecule has 108 valence electrons. The van der Waals surface area contributed by atoms with E-state index in [0.29, 0.717) is 22.3 Å². The SMILES string of the molecule is CCc1ccc(C(N)c2ccc(OC)c(Cl)c2OC)o1. The van der Waals surface area contributed by atoms with E-state index < -0.39 is 6.04 Å². The van der Waals surface area contributed by atoms with Crippen molar-refractivity contribution in [3.63, 3.8) is 0 Å². The predicted molar refractivity (Wildman–Crippen MR) is 78.7 cm³/mol. The quantitative estimate of drug-likeness (QED) is 0.916. The Bertz CT molecular complexity index is 595. The highest BCUT2D eigenvalue weighted by molar-refractivity contribution is 6.33. The van der Waals surface area contributed by atoms with Gasteiger partial charge in [-0.2, -0.15) is 0 Å². The van der Waals surface area contributed by atoms with Crippen molar-refractivity contribution in [1.29, 1.82) is 0 Å². The van der Waals surface area contributed by atoms with Crippen LogP contribution in [0.25, 0.3) is 0 Å². The van der Waals surface area contributed by atoms with E-state index in [0.717, 1.165) is 17.7 Å². The summed E-state index contributed by atoms with van der Waals surface area (Å²) in [6.07, 6.45) is 0.827. The number of nitrogens with two attached hydrogens (primary N) is 1. The molecule has 1 aromatic carbocycles. The van der Waals surface area contributed by atoms with Gasteiger partial charge in [0.2, 0.25) is 0 Å². The standard InChI is InChI=1S/C15H18ClNO3/c1-4-9-5-7-12(20-9)14(17)10-6-8-11(18-2)13(16)15(10)19-3/h5-8,14H,4,17H2,1-3H3. The van der Waals surface area contributed by atoms with E-state index in [1.807, 2.05) is 25.1 Å². The zero-order chi connectivity index (χ0) is 14.7. The van der Waals surface area contributed by atoms with E-state index in [9.17, 15) is 0 Å². The zero-order valence-corrected chi connectivity index (χ0v) is 12.5. The lowest BCUT2D eigenvalue weighted by molar-refractivity contribution is 0.386. The third-order valence-electron chi connectivity index (χ3n) is 3.19. The van der Waals surface area contributed by atoms with Gasteiger partial charge in [0.25, 0.3) is 0 Å². The number of furan rings is 1. The maximum atomic E-state index is 6.25. The summed E-state index contributed by atoms with van der Waals surface area (Å²) in [5, 5.41) is 0.408. The van der Waals surface area contributed by atoms with Gasteiger partial charge in [0.1, 0.15) is 28.0 Å². The van der Waals surface area contributed by atoms with Crippen molar-refractivity contribution < 1.29 is 13.9 Å². The molecule has 0 fully saturated rings. The highest BCUT2D eigenvalue weighted by Gasteiger charge is 2.21. The van der Waals surface area contributed by atoms with Gasteiger partial charge in [0, 0.05) is 12.0 Å². The Morgan fingerprint density at radius 1 is 1.20 bits per heavy atom. The average molecular weight is 296 g/mol. The molecular formula is C15H18ClNO3. The highest BCUT2D eigenvalue weighted by atomic mass is 35.5. The molecule has 4 nitrogen and oxygen atoms in total. The summed E-state index contributed by atoms with van der Waals surface area (Å²) >= 11 is 6.24. The second kappa shape index (κ2) is 6.20. The highest BCUT2D eigenvalue weighted by Crippen LogP contribution is 2.40. The van der Waals surface area contributed by atoms with Crippen molar-refractivity contribution in [2.75, 3.05) is 14.2 Å². The predicted octanol–water partition coefficient (Wildman–Crippen LogP) is 3.56. The van der Waals surface area contributed by atoms with E-state index in [2.05, 4.69) is 0 Å². The second-order valence-corrected chi connectivity index (χ2v) is 4.72. The number of hydrogen-bond donors (Lipinski definition) is 1. The number of halogens is 1. The summed E-state index contributed by atoms with van der Waals surface area (Å²) in [7, 11) is 3.11. The number of hydrogen-bond acceptors (Lipinski definition) is 4. The largest absolute Gasteiger partial charge is 0.495 e. The molecule has 0 aliphatic carbocycles. The van der Waals surface area contributed by atoms with Gasteiger partial charge in [0.15, 0.2) is 0 Å². The first-order valence-corrected chi connectivity index (χ1v) is 6.74. The molecule has 0 radical (unpaired) electrons. The molecule has 0 aliphatic rings. The number of aryl methyl sites for hydroxylation is 1. The second-order valence-electron chi connectivity index (χ2n) is 4.34. The van der Waals surface area contributed by atoms with E-state index >= 15 is 0 Å². The molecule has 0 saturated carbocycles. The lowest BCUT2D eigenvalue weighted by atomic mass is 10.0. The van der Waals surface area contributed by atoms with E-state index in [1.54, 1.807) is 20.3 Å². The van der Waals surface area contributed by atoms with Crippen LogP contribution in [0.3, 0.4) is 0 Å². The fraction of sp³-hybridized carbons (Fsp3) is 0.333. The first-order valence-electron chi connectivity index (χ1n) is 6.36. The zero-order valence-electron chi connectivity index (χ0n) is 11.8. The molecule has 0 saturated heterocycles. The van der Waals surface area contributed by atoms with Gasteiger partial charge in [-0.1, -0.05) is 18.5 Å². The van der Waals surface area contributed by atoms with E-state index in [4.69, 9.17) is 31.2 Å². The molecule has 1 aromatic heterocycles. The van der Waals surface area contributed by atoms with Gasteiger partial charge in [-0.15, -0.1) is 0 Å². The minimum Gasteiger partial charge on any atom is -0.495 e. The summed E-state index contributed by atoms with van der Waals surface area (Å²) in [5.41, 5.74) is 7.01. The van der Waals surface area contributed by atoms with Crippen LogP contribution in [0.2, 0.25) is 5.02 Å². The Kier molecular flexibility index (Phi) is 4.57. The van der Waals surface area contributed by atoms with Gasteiger partial charge in [-0.3, -0.25) is 0 Å². The van der Waals surface area contributed by atoms with Crippen LogP contribution in [0.1, 0.15) is 30.0 Å². The summed E-state index contributed by atoms with van der Waals surface area (Å²) in [6, 6.07) is 6.97. The maximum absolute atomic E-state index is 6.25. The lowest BCUT2D eigenvalue weighted by Gasteiger charge is -2.16. The summed E-state index contributed by atoms with van der Waals surface area (Å²) in [5.74, 6) is 2.64. The maximum Gasteiger partial charge on any atom is 0.146 e. The molecule has 1 atom stereocenters. The van der Waals surface area contributed by atoms with Crippen LogP contribution in [0.15, 0.2) is 28.7 Å². The molecule has 5 heteroatoms. The van der Waals surface area contributed by atoms with E-state index in [1.165, 1.54) is 0 Å². The number of ether oxygens (including phenoxy) is 2. The topological polar surface area (TPSA) is 57.6 Å². The molecule has 2 N–H and O–H groups in total. The molecule has 0 aliphatic heterocycles. The van der Waals surface area contributed by atoms with Crippen molar-refractivity contribution in [1.82, 2.24) is 0 Å². The minimum atomic E-state index is -0.436. The Balaban J connectivity index is 2.43. The third kappa shape index (κ3) is 2.62. The molecule has 1 unspecified atom stereocenters. The molecule has 0 amide bonds. The molecule has 20 heavy (non-hydrogen) atoms. The number of rotatable bonds is 5. The summed E-state index contributed by atoms with van der Waals surface area (Å²) < 4.78 is 16.2. The molecular weight excluding hydrogens is 278 g/mol. The number of methoxy groups -OCH3 is 2. The van der Waals surface area contributed by atoms with Gasteiger partial charge >= 0.3 is 0 Å². The normalized spacial score (nSPS) is 12.2. The first kappa shape index (κ1) is 14.8. The van der Waals surface area contributed by atoms with Crippen molar-refractivity contribution in [2.24, 2.45) is 5.73 Å². The third-order valence-corrected chi connectivity index (χ3v) is 3.55. The van der Waals surface area contributed by atoms with Crippen LogP contribution < -0.4 is 15.2 Å². The Hall–Kier alpha value is -1.65. The molecule has 2 rings (SSSR count). The van der Waals surface area contributed by atoms with Gasteiger partial charge in [-0.05, 0) is 24.3 Å². The Morgan fingerprint density at radius 3 is 2.50 bits per heavy atom. The van der Waals surface area contributed by atoms with Gasteiger partial charge in [-0.25, -0.2) is 0 Å².